The molecule has 3 rings (SSSR count). The van der Waals surface area contributed by atoms with E-state index in [2.05, 4.69) is 5.32 Å². The average molecular weight is 395 g/mol. The van der Waals surface area contributed by atoms with Crippen molar-refractivity contribution in [3.8, 4) is 0 Å². The summed E-state index contributed by atoms with van der Waals surface area (Å²) < 4.78 is 11.0. The highest BCUT2D eigenvalue weighted by molar-refractivity contribution is 7.16. The van der Waals surface area contributed by atoms with Gasteiger partial charge in [-0.2, -0.15) is 0 Å². The number of carboxylic acid groups (broad SMARTS) is 1. The van der Waals surface area contributed by atoms with Crippen LogP contribution in [0.1, 0.15) is 53.9 Å². The maximum atomic E-state index is 12.9. The molecule has 0 aromatic carbocycles. The molecule has 27 heavy (non-hydrogen) atoms. The Morgan fingerprint density at radius 3 is 2.48 bits per heavy atom. The highest BCUT2D eigenvalue weighted by atomic mass is 32.1. The Morgan fingerprint density at radius 2 is 1.89 bits per heavy atom. The number of hydrogen-bond donors (Lipinski definition) is 2. The molecule has 2 saturated heterocycles. The van der Waals surface area contributed by atoms with Crippen molar-refractivity contribution in [2.45, 2.75) is 58.7 Å². The molecule has 0 radical (unpaired) electrons. The van der Waals surface area contributed by atoms with Gasteiger partial charge in [0.05, 0.1) is 36.2 Å². The molecule has 8 heteroatoms. The predicted octanol–water partition coefficient (Wildman–Crippen LogP) is 3.00. The van der Waals surface area contributed by atoms with Crippen molar-refractivity contribution < 1.29 is 29.0 Å². The van der Waals surface area contributed by atoms with Gasteiger partial charge in [-0.25, -0.2) is 4.79 Å². The Balaban J connectivity index is 1.85. The molecule has 4 atom stereocenters. The Hall–Kier alpha value is -1.93. The van der Waals surface area contributed by atoms with Gasteiger partial charge in [-0.15, -0.1) is 11.3 Å². The van der Waals surface area contributed by atoms with E-state index in [1.165, 1.54) is 11.3 Å². The van der Waals surface area contributed by atoms with Crippen LogP contribution in [0.4, 0.5) is 5.00 Å². The van der Waals surface area contributed by atoms with E-state index in [1.54, 1.807) is 0 Å². The summed E-state index contributed by atoms with van der Waals surface area (Å²) in [6, 6.07) is 0. The zero-order valence-corrected chi connectivity index (χ0v) is 16.6. The number of carbonyl (C=O) groups excluding carboxylic acids is 2. The van der Waals surface area contributed by atoms with Gasteiger partial charge in [0.15, 0.2) is 0 Å². The number of carboxylic acids is 1. The lowest BCUT2D eigenvalue weighted by Gasteiger charge is -2.23. The maximum Gasteiger partial charge on any atom is 0.341 e. The van der Waals surface area contributed by atoms with Gasteiger partial charge in [-0.1, -0.05) is 13.8 Å². The van der Waals surface area contributed by atoms with Crippen molar-refractivity contribution in [3.05, 3.63) is 16.0 Å². The standard InChI is InChI=1S/C19H25NO6S/c1-4-8-25-19(24)13-10(5-2)9(3)27-17(13)20-16(21)14-11-6-7-12(26-11)15(14)18(22)23/h11-12,14-15H,4-8H2,1-3H3,(H,20,21)(H,22,23)/t11-,12+,14-,15+/m1/s1. The van der Waals surface area contributed by atoms with Crippen molar-refractivity contribution in [2.75, 3.05) is 11.9 Å². The second-order valence-electron chi connectivity index (χ2n) is 7.00. The summed E-state index contributed by atoms with van der Waals surface area (Å²) in [5, 5.41) is 12.8. The van der Waals surface area contributed by atoms with Crippen LogP contribution in [0.5, 0.6) is 0 Å². The van der Waals surface area contributed by atoms with E-state index in [1.807, 2.05) is 20.8 Å². The fourth-order valence-electron chi connectivity index (χ4n) is 4.10. The second-order valence-corrected chi connectivity index (χ2v) is 8.22. The molecule has 0 spiro atoms. The highest BCUT2D eigenvalue weighted by Gasteiger charge is 2.55. The molecule has 0 unspecified atom stereocenters. The van der Waals surface area contributed by atoms with Crippen LogP contribution in [-0.2, 0) is 25.5 Å². The lowest BCUT2D eigenvalue weighted by molar-refractivity contribution is -0.147. The lowest BCUT2D eigenvalue weighted by Crippen LogP contribution is -2.41. The largest absolute Gasteiger partial charge is 0.481 e. The van der Waals surface area contributed by atoms with E-state index in [4.69, 9.17) is 9.47 Å². The summed E-state index contributed by atoms with van der Waals surface area (Å²) in [5.41, 5.74) is 1.24. The Kier molecular flexibility index (Phi) is 5.86. The number of carbonyl (C=O) groups is 3. The number of ether oxygens (including phenoxy) is 2. The first-order valence-corrected chi connectivity index (χ1v) is 10.2. The third-order valence-electron chi connectivity index (χ3n) is 5.30. The number of nitrogens with one attached hydrogen (secondary N) is 1. The van der Waals surface area contributed by atoms with Gasteiger partial charge in [0, 0.05) is 4.88 Å². The number of thiophene rings is 1. The van der Waals surface area contributed by atoms with Crippen LogP contribution in [0.15, 0.2) is 0 Å². The molecule has 2 N–H and O–H groups in total. The first kappa shape index (κ1) is 19.8. The number of amides is 1. The van der Waals surface area contributed by atoms with Crippen molar-refractivity contribution in [2.24, 2.45) is 11.8 Å². The summed E-state index contributed by atoms with van der Waals surface area (Å²) in [4.78, 5) is 38.0. The number of rotatable bonds is 7. The monoisotopic (exact) mass is 395 g/mol. The van der Waals surface area contributed by atoms with Gasteiger partial charge in [-0.05, 0) is 38.2 Å². The minimum Gasteiger partial charge on any atom is -0.481 e. The van der Waals surface area contributed by atoms with Crippen molar-refractivity contribution in [3.63, 3.8) is 0 Å². The third kappa shape index (κ3) is 3.60. The van der Waals surface area contributed by atoms with E-state index in [9.17, 15) is 19.5 Å². The molecule has 0 aliphatic carbocycles. The highest BCUT2D eigenvalue weighted by Crippen LogP contribution is 2.44. The van der Waals surface area contributed by atoms with E-state index in [-0.39, 0.29) is 6.10 Å². The predicted molar refractivity (Wildman–Crippen MR) is 100 cm³/mol. The number of hydrogen-bond acceptors (Lipinski definition) is 6. The van der Waals surface area contributed by atoms with Crippen LogP contribution >= 0.6 is 11.3 Å². The maximum absolute atomic E-state index is 12.9. The molecule has 0 saturated carbocycles. The van der Waals surface area contributed by atoms with E-state index < -0.39 is 35.8 Å². The van der Waals surface area contributed by atoms with Crippen LogP contribution in [0, 0.1) is 18.8 Å². The SMILES string of the molecule is CCCOC(=O)c1c(NC(=O)[C@H]2[C@@H](C(=O)O)[C@@H]3CC[C@H]2O3)sc(C)c1CC. The smallest absolute Gasteiger partial charge is 0.341 e. The van der Waals surface area contributed by atoms with Gasteiger partial charge in [0.1, 0.15) is 5.00 Å². The number of aliphatic carboxylic acids is 1. The number of esters is 1. The van der Waals surface area contributed by atoms with Crippen molar-refractivity contribution in [1.82, 2.24) is 0 Å². The first-order valence-electron chi connectivity index (χ1n) is 9.37. The van der Waals surface area contributed by atoms with Crippen molar-refractivity contribution in [1.29, 1.82) is 0 Å². The normalized spacial score (nSPS) is 26.2. The Bertz CT molecular complexity index is 758. The number of aryl methyl sites for hydroxylation is 1. The Labute approximate surface area is 162 Å². The molecule has 1 aromatic heterocycles. The first-order chi connectivity index (χ1) is 12.9. The summed E-state index contributed by atoms with van der Waals surface area (Å²) >= 11 is 1.32. The van der Waals surface area contributed by atoms with Crippen LogP contribution in [-0.4, -0.2) is 41.8 Å². The summed E-state index contributed by atoms with van der Waals surface area (Å²) in [6.45, 7) is 6.07. The zero-order chi connectivity index (χ0) is 19.7. The lowest BCUT2D eigenvalue weighted by atomic mass is 9.79. The average Bonchev–Trinajstić information content (AvgIpc) is 3.31. The van der Waals surface area contributed by atoms with Crippen LogP contribution in [0.25, 0.3) is 0 Å². The van der Waals surface area contributed by atoms with Crippen LogP contribution < -0.4 is 5.32 Å². The van der Waals surface area contributed by atoms with Gasteiger partial charge >= 0.3 is 11.9 Å². The van der Waals surface area contributed by atoms with E-state index in [0.29, 0.717) is 42.9 Å². The fraction of sp³-hybridized carbons (Fsp3) is 0.632. The van der Waals surface area contributed by atoms with Gasteiger partial charge in [-0.3, -0.25) is 9.59 Å². The number of fused-ring (bicyclic) bond motifs is 2. The van der Waals surface area contributed by atoms with Crippen LogP contribution in [0.2, 0.25) is 0 Å². The summed E-state index contributed by atoms with van der Waals surface area (Å²) in [5.74, 6) is -3.45. The second kappa shape index (κ2) is 7.98. The molecule has 3 heterocycles. The molecule has 2 aliphatic heterocycles. The van der Waals surface area contributed by atoms with Crippen molar-refractivity contribution >= 4 is 34.2 Å². The van der Waals surface area contributed by atoms with Gasteiger partial charge in [0.2, 0.25) is 5.91 Å². The van der Waals surface area contributed by atoms with Gasteiger partial charge < -0.3 is 19.9 Å². The molecule has 148 valence electrons. The topological polar surface area (TPSA) is 102 Å². The molecule has 2 bridgehead atoms. The van der Waals surface area contributed by atoms with E-state index in [0.717, 1.165) is 10.4 Å². The molecule has 1 aromatic rings. The molecule has 1 amide bonds. The summed E-state index contributed by atoms with van der Waals surface area (Å²) in [7, 11) is 0. The molecular formula is C19H25NO6S. The Morgan fingerprint density at radius 1 is 1.22 bits per heavy atom. The molecule has 7 nitrogen and oxygen atoms in total. The third-order valence-corrected chi connectivity index (χ3v) is 6.36. The summed E-state index contributed by atoms with van der Waals surface area (Å²) in [6.07, 6.45) is 1.91. The molecule has 2 fully saturated rings. The van der Waals surface area contributed by atoms with E-state index >= 15 is 0 Å². The fourth-order valence-corrected chi connectivity index (χ4v) is 5.23. The molecular weight excluding hydrogens is 370 g/mol. The zero-order valence-electron chi connectivity index (χ0n) is 15.7. The number of anilines is 1. The minimum atomic E-state index is -1.01. The molecule has 2 aliphatic rings. The minimum absolute atomic E-state index is 0.311. The quantitative estimate of drug-likeness (QED) is 0.688. The van der Waals surface area contributed by atoms with Gasteiger partial charge in [0.25, 0.3) is 0 Å². The van der Waals surface area contributed by atoms with Crippen LogP contribution in [0.3, 0.4) is 0 Å².